The van der Waals surface area contributed by atoms with E-state index in [0.29, 0.717) is 15.7 Å². The van der Waals surface area contributed by atoms with Gasteiger partial charge in [0.25, 0.3) is 5.69 Å². The van der Waals surface area contributed by atoms with Crippen LogP contribution in [0.25, 0.3) is 10.2 Å². The van der Waals surface area contributed by atoms with Gasteiger partial charge in [-0.3, -0.25) is 15.5 Å². The summed E-state index contributed by atoms with van der Waals surface area (Å²) in [6.45, 7) is 0. The summed E-state index contributed by atoms with van der Waals surface area (Å²) in [4.78, 5) is 14.6. The molecule has 0 unspecified atom stereocenters. The van der Waals surface area contributed by atoms with Crippen molar-refractivity contribution in [3.05, 3.63) is 63.2 Å². The summed E-state index contributed by atoms with van der Waals surface area (Å²) in [5.41, 5.74) is 4.12. The molecule has 0 saturated heterocycles. The number of halogens is 1. The second kappa shape index (κ2) is 6.08. The first kappa shape index (κ1) is 14.4. The van der Waals surface area contributed by atoms with Crippen molar-refractivity contribution in [2.75, 3.05) is 5.43 Å². The summed E-state index contributed by atoms with van der Waals surface area (Å²) in [6.07, 6.45) is 1.43. The molecule has 1 aromatic heterocycles. The first-order valence-corrected chi connectivity index (χ1v) is 7.41. The first-order chi connectivity index (χ1) is 10.6. The molecule has 22 heavy (non-hydrogen) atoms. The van der Waals surface area contributed by atoms with Gasteiger partial charge in [0.2, 0.25) is 5.13 Å². The molecule has 0 spiro atoms. The molecular formula is C14H9ClN4O2S. The zero-order valence-corrected chi connectivity index (χ0v) is 12.6. The fraction of sp³-hybridized carbons (Fsp3) is 0. The van der Waals surface area contributed by atoms with Crippen LogP contribution in [0.4, 0.5) is 10.8 Å². The van der Waals surface area contributed by atoms with Crippen LogP contribution in [0.3, 0.4) is 0 Å². The molecule has 1 N–H and O–H groups in total. The predicted octanol–water partition coefficient (Wildman–Crippen LogP) is 4.30. The maximum atomic E-state index is 10.8. The fourth-order valence-corrected chi connectivity index (χ4v) is 2.80. The minimum Gasteiger partial charge on any atom is -0.258 e. The Bertz CT molecular complexity index is 845. The van der Waals surface area contributed by atoms with Gasteiger partial charge in [-0.15, -0.1) is 0 Å². The average Bonchev–Trinajstić information content (AvgIpc) is 2.91. The van der Waals surface area contributed by atoms with Crippen molar-refractivity contribution in [1.29, 1.82) is 0 Å². The van der Waals surface area contributed by atoms with Crippen molar-refractivity contribution < 1.29 is 4.92 Å². The standard InChI is InChI=1S/C14H9ClN4O2S/c15-11-6-5-10(19(20)21)7-9(11)8-16-18-14-17-12-3-1-2-4-13(12)22-14/h1-8H,(H,17,18). The molecule has 3 rings (SSSR count). The maximum Gasteiger partial charge on any atom is 0.270 e. The van der Waals surface area contributed by atoms with Crippen LogP contribution in [0.2, 0.25) is 5.02 Å². The van der Waals surface area contributed by atoms with Crippen LogP contribution >= 0.6 is 22.9 Å². The molecule has 0 aliphatic carbocycles. The Kier molecular flexibility index (Phi) is 3.99. The molecule has 6 nitrogen and oxygen atoms in total. The zero-order chi connectivity index (χ0) is 15.5. The third-order valence-electron chi connectivity index (χ3n) is 2.85. The lowest BCUT2D eigenvalue weighted by molar-refractivity contribution is -0.384. The van der Waals surface area contributed by atoms with Gasteiger partial charge < -0.3 is 0 Å². The SMILES string of the molecule is O=[N+]([O-])c1ccc(Cl)c(C=NNc2nc3ccccc3s2)c1. The van der Waals surface area contributed by atoms with Gasteiger partial charge in [0, 0.05) is 22.7 Å². The largest absolute Gasteiger partial charge is 0.270 e. The Morgan fingerprint density at radius 1 is 1.32 bits per heavy atom. The van der Waals surface area contributed by atoms with Gasteiger partial charge >= 0.3 is 0 Å². The van der Waals surface area contributed by atoms with Crippen LogP contribution in [0.15, 0.2) is 47.6 Å². The number of benzene rings is 2. The number of non-ortho nitro benzene ring substituents is 1. The number of aromatic nitrogens is 1. The van der Waals surface area contributed by atoms with Crippen LogP contribution in [-0.4, -0.2) is 16.1 Å². The van der Waals surface area contributed by atoms with E-state index in [2.05, 4.69) is 15.5 Å². The summed E-state index contributed by atoms with van der Waals surface area (Å²) >= 11 is 7.46. The third-order valence-corrected chi connectivity index (χ3v) is 4.13. The average molecular weight is 333 g/mol. The van der Waals surface area contributed by atoms with Crippen molar-refractivity contribution in [2.45, 2.75) is 0 Å². The highest BCUT2D eigenvalue weighted by atomic mass is 35.5. The van der Waals surface area contributed by atoms with Crippen LogP contribution in [0.1, 0.15) is 5.56 Å². The highest BCUT2D eigenvalue weighted by Gasteiger charge is 2.08. The normalized spacial score (nSPS) is 11.1. The third kappa shape index (κ3) is 3.05. The maximum absolute atomic E-state index is 10.8. The molecule has 8 heteroatoms. The molecule has 0 amide bonds. The quantitative estimate of drug-likeness (QED) is 0.438. The number of nitrogens with one attached hydrogen (secondary N) is 1. The molecule has 0 bridgehead atoms. The molecule has 2 aromatic carbocycles. The van der Waals surface area contributed by atoms with Crippen LogP contribution in [0.5, 0.6) is 0 Å². The molecule has 0 radical (unpaired) electrons. The van der Waals surface area contributed by atoms with Gasteiger partial charge in [-0.2, -0.15) is 5.10 Å². The minimum atomic E-state index is -0.478. The van der Waals surface area contributed by atoms with E-state index >= 15 is 0 Å². The highest BCUT2D eigenvalue weighted by molar-refractivity contribution is 7.22. The number of thiazole rings is 1. The van der Waals surface area contributed by atoms with E-state index < -0.39 is 4.92 Å². The van der Waals surface area contributed by atoms with E-state index in [0.717, 1.165) is 10.2 Å². The van der Waals surface area contributed by atoms with Crippen molar-refractivity contribution in [1.82, 2.24) is 4.98 Å². The van der Waals surface area contributed by atoms with Crippen molar-refractivity contribution in [3.63, 3.8) is 0 Å². The molecule has 0 aliphatic rings. The summed E-state index contributed by atoms with van der Waals surface area (Å²) < 4.78 is 1.05. The molecule has 0 aliphatic heterocycles. The number of nitro benzene ring substituents is 1. The van der Waals surface area contributed by atoms with Gasteiger partial charge in [-0.05, 0) is 18.2 Å². The molecule has 1 heterocycles. The van der Waals surface area contributed by atoms with Crippen LogP contribution in [0, 0.1) is 10.1 Å². The minimum absolute atomic E-state index is 0.0363. The van der Waals surface area contributed by atoms with Crippen molar-refractivity contribution >= 4 is 50.2 Å². The number of anilines is 1. The monoisotopic (exact) mass is 332 g/mol. The second-order valence-corrected chi connectivity index (χ2v) is 5.76. The summed E-state index contributed by atoms with van der Waals surface area (Å²) in [5, 5.41) is 15.8. The predicted molar refractivity (Wildman–Crippen MR) is 88.9 cm³/mol. The lowest BCUT2D eigenvalue weighted by Gasteiger charge is -1.98. The molecule has 0 atom stereocenters. The Labute approximate surface area is 134 Å². The topological polar surface area (TPSA) is 80.4 Å². The van der Waals surface area contributed by atoms with Gasteiger partial charge in [0.15, 0.2) is 0 Å². The number of hydrazone groups is 1. The van der Waals surface area contributed by atoms with E-state index in [9.17, 15) is 10.1 Å². The van der Waals surface area contributed by atoms with E-state index in [-0.39, 0.29) is 5.69 Å². The van der Waals surface area contributed by atoms with Gasteiger partial charge in [-0.1, -0.05) is 35.1 Å². The lowest BCUT2D eigenvalue weighted by Crippen LogP contribution is -1.93. The number of rotatable bonds is 4. The van der Waals surface area contributed by atoms with Gasteiger partial charge in [0.1, 0.15) is 0 Å². The highest BCUT2D eigenvalue weighted by Crippen LogP contribution is 2.25. The number of fused-ring (bicyclic) bond motifs is 1. The van der Waals surface area contributed by atoms with Gasteiger partial charge in [0.05, 0.1) is 21.4 Å². The smallest absolute Gasteiger partial charge is 0.258 e. The van der Waals surface area contributed by atoms with Crippen molar-refractivity contribution in [3.8, 4) is 0 Å². The number of hydrogen-bond acceptors (Lipinski definition) is 6. The number of hydrogen-bond donors (Lipinski definition) is 1. The zero-order valence-electron chi connectivity index (χ0n) is 11.1. The van der Waals surface area contributed by atoms with Crippen LogP contribution in [-0.2, 0) is 0 Å². The van der Waals surface area contributed by atoms with E-state index in [1.54, 1.807) is 0 Å². The summed E-state index contributed by atoms with van der Waals surface area (Å²) in [7, 11) is 0. The Balaban J connectivity index is 1.79. The molecule has 0 saturated carbocycles. The van der Waals surface area contributed by atoms with E-state index in [1.807, 2.05) is 24.3 Å². The lowest BCUT2D eigenvalue weighted by atomic mass is 10.2. The van der Waals surface area contributed by atoms with Crippen LogP contribution < -0.4 is 5.43 Å². The Morgan fingerprint density at radius 3 is 2.91 bits per heavy atom. The van der Waals surface area contributed by atoms with E-state index in [1.165, 1.54) is 35.8 Å². The number of nitro groups is 1. The first-order valence-electron chi connectivity index (χ1n) is 6.22. The fourth-order valence-electron chi connectivity index (χ4n) is 1.82. The second-order valence-electron chi connectivity index (χ2n) is 4.32. The molecule has 110 valence electrons. The Morgan fingerprint density at radius 2 is 2.14 bits per heavy atom. The number of para-hydroxylation sites is 1. The molecule has 3 aromatic rings. The molecule has 0 fully saturated rings. The number of nitrogens with zero attached hydrogens (tertiary/aromatic N) is 3. The van der Waals surface area contributed by atoms with Crippen molar-refractivity contribution in [2.24, 2.45) is 5.10 Å². The molecular weight excluding hydrogens is 324 g/mol. The van der Waals surface area contributed by atoms with E-state index in [4.69, 9.17) is 11.6 Å². The summed E-state index contributed by atoms with van der Waals surface area (Å²) in [5.74, 6) is 0. The van der Waals surface area contributed by atoms with Gasteiger partial charge in [-0.25, -0.2) is 4.98 Å². The Hall–Kier alpha value is -2.51. The summed E-state index contributed by atoms with van der Waals surface area (Å²) in [6, 6.07) is 11.9.